The third kappa shape index (κ3) is 3.19. The van der Waals surface area contributed by atoms with Gasteiger partial charge in [0.1, 0.15) is 11.6 Å². The van der Waals surface area contributed by atoms with Crippen molar-refractivity contribution in [3.8, 4) is 17.0 Å². The number of ether oxygens (including phenoxy) is 2. The summed E-state index contributed by atoms with van der Waals surface area (Å²) in [6.07, 6.45) is 0.885. The molecule has 25 heavy (non-hydrogen) atoms. The van der Waals surface area contributed by atoms with Gasteiger partial charge in [-0.2, -0.15) is 0 Å². The Kier molecular flexibility index (Phi) is 4.31. The molecule has 0 radical (unpaired) electrons. The van der Waals surface area contributed by atoms with Gasteiger partial charge in [0.15, 0.2) is 0 Å². The molecule has 0 saturated carbocycles. The van der Waals surface area contributed by atoms with Crippen LogP contribution in [0.1, 0.15) is 6.42 Å². The number of aromatic nitrogens is 2. The lowest BCUT2D eigenvalue weighted by atomic mass is 10.2. The van der Waals surface area contributed by atoms with Crippen LogP contribution in [-0.2, 0) is 4.74 Å². The number of hydrogen-bond acceptors (Lipinski definition) is 3. The predicted molar refractivity (Wildman–Crippen MR) is 101 cm³/mol. The monoisotopic (exact) mass is 335 g/mol. The molecule has 3 N–H and O–H groups in total. The quantitative estimate of drug-likeness (QED) is 0.427. The predicted octanol–water partition coefficient (Wildman–Crippen LogP) is 4.76. The molecule has 2 aromatic carbocycles. The number of para-hydroxylation sites is 1. The number of fused-ring (bicyclic) bond motifs is 3. The molecule has 128 valence electrons. The number of nitrogens with one attached hydrogen (secondary N) is 3. The molecule has 0 atom stereocenters. The molecule has 2 aromatic rings. The summed E-state index contributed by atoms with van der Waals surface area (Å²) in [6.45, 7) is 1.37. The number of benzene rings is 2. The van der Waals surface area contributed by atoms with Crippen LogP contribution in [0.5, 0.6) is 5.75 Å². The largest absolute Gasteiger partial charge is 0.493 e. The van der Waals surface area contributed by atoms with E-state index in [2.05, 4.69) is 33.7 Å². The van der Waals surface area contributed by atoms with Gasteiger partial charge in [-0.05, 0) is 41.8 Å². The highest BCUT2D eigenvalue weighted by atomic mass is 16.5. The highest BCUT2D eigenvalue weighted by Crippen LogP contribution is 2.39. The maximum absolute atomic E-state index is 5.80. The molecule has 1 aliphatic heterocycles. The van der Waals surface area contributed by atoms with Gasteiger partial charge >= 0.3 is 0 Å². The Morgan fingerprint density at radius 1 is 0.960 bits per heavy atom. The first-order valence-electron chi connectivity index (χ1n) is 8.42. The first-order chi connectivity index (χ1) is 12.3. The molecule has 0 fully saturated rings. The van der Waals surface area contributed by atoms with E-state index in [1.54, 1.807) is 7.11 Å². The third-order valence-corrected chi connectivity index (χ3v) is 4.25. The minimum atomic E-state index is 0.659. The number of hydrogen-bond donors (Lipinski definition) is 3. The van der Waals surface area contributed by atoms with Crippen LogP contribution in [0.4, 0.5) is 11.5 Å². The molecular weight excluding hydrogens is 314 g/mol. The van der Waals surface area contributed by atoms with E-state index in [1.165, 1.54) is 5.39 Å². The van der Waals surface area contributed by atoms with Crippen molar-refractivity contribution in [1.29, 1.82) is 0 Å². The van der Waals surface area contributed by atoms with E-state index in [9.17, 15) is 0 Å². The topological polar surface area (TPSA) is 62.1 Å². The van der Waals surface area contributed by atoms with E-state index in [4.69, 9.17) is 9.47 Å². The number of methoxy groups -OCH3 is 1. The van der Waals surface area contributed by atoms with Crippen LogP contribution >= 0.6 is 0 Å². The Morgan fingerprint density at radius 3 is 2.68 bits per heavy atom. The van der Waals surface area contributed by atoms with Gasteiger partial charge in [0.25, 0.3) is 0 Å². The van der Waals surface area contributed by atoms with Gasteiger partial charge < -0.3 is 14.8 Å². The Labute approximate surface area is 146 Å². The lowest BCUT2D eigenvalue weighted by molar-refractivity contribution is 0.172. The van der Waals surface area contributed by atoms with Crippen molar-refractivity contribution in [1.82, 2.24) is 10.2 Å². The van der Waals surface area contributed by atoms with E-state index < -0.39 is 0 Å². The average molecular weight is 335 g/mol. The number of anilines is 2. The zero-order valence-electron chi connectivity index (χ0n) is 14.1. The molecule has 0 spiro atoms. The fourth-order valence-corrected chi connectivity index (χ4v) is 3.03. The molecular formula is C20H21N3O2. The second-order valence-electron chi connectivity index (χ2n) is 5.99. The summed E-state index contributed by atoms with van der Waals surface area (Å²) in [7, 11) is 1.70. The molecule has 1 aliphatic carbocycles. The van der Waals surface area contributed by atoms with Gasteiger partial charge in [0, 0.05) is 36.8 Å². The van der Waals surface area contributed by atoms with Crippen LogP contribution in [0.15, 0.2) is 54.6 Å². The molecule has 1 heterocycles. The van der Waals surface area contributed by atoms with E-state index >= 15 is 0 Å². The van der Waals surface area contributed by atoms with Gasteiger partial charge in [0.2, 0.25) is 0 Å². The zero-order chi connectivity index (χ0) is 17.1. The minimum absolute atomic E-state index is 0.659. The number of H-pyrrole nitrogens is 2. The third-order valence-electron chi connectivity index (χ3n) is 4.25. The van der Waals surface area contributed by atoms with Crippen molar-refractivity contribution >= 4 is 22.3 Å². The van der Waals surface area contributed by atoms with Gasteiger partial charge in [-0.3, -0.25) is 10.2 Å². The summed E-state index contributed by atoms with van der Waals surface area (Å²) in [4.78, 5) is 0. The van der Waals surface area contributed by atoms with Crippen LogP contribution < -0.4 is 10.1 Å². The smallest absolute Gasteiger partial charge is 0.132 e. The fraction of sp³-hybridized carbons (Fsp3) is 0.200. The lowest BCUT2D eigenvalue weighted by Crippen LogP contribution is -2.00. The van der Waals surface area contributed by atoms with Crippen molar-refractivity contribution in [3.05, 3.63) is 54.6 Å². The van der Waals surface area contributed by atoms with Crippen molar-refractivity contribution in [3.63, 3.8) is 0 Å². The summed E-state index contributed by atoms with van der Waals surface area (Å²) in [6, 6.07) is 18.5. The molecule has 4 rings (SSSR count). The summed E-state index contributed by atoms with van der Waals surface area (Å²) in [5.74, 6) is 1.85. The molecule has 0 saturated heterocycles. The van der Waals surface area contributed by atoms with Crippen LogP contribution in [0.25, 0.3) is 22.0 Å². The number of rotatable bonds is 7. The van der Waals surface area contributed by atoms with Crippen LogP contribution in [0.3, 0.4) is 0 Å². The van der Waals surface area contributed by atoms with Gasteiger partial charge in [-0.25, -0.2) is 0 Å². The second-order valence-corrected chi connectivity index (χ2v) is 5.99. The van der Waals surface area contributed by atoms with Gasteiger partial charge in [0.05, 0.1) is 12.3 Å². The maximum Gasteiger partial charge on any atom is 0.132 e. The molecule has 5 heteroatoms. The first kappa shape index (κ1) is 15.6. The number of aromatic amines is 2. The first-order valence-corrected chi connectivity index (χ1v) is 8.42. The SMILES string of the molecule is COCCCOc1ccc2c3[nH][nH]c(Nc4ccccc4)c-3cc2c1. The van der Waals surface area contributed by atoms with Crippen molar-refractivity contribution in [2.45, 2.75) is 6.42 Å². The minimum Gasteiger partial charge on any atom is -0.493 e. The average Bonchev–Trinajstić information content (AvgIpc) is 3.19. The van der Waals surface area contributed by atoms with E-state index in [-0.39, 0.29) is 0 Å². The van der Waals surface area contributed by atoms with Crippen molar-refractivity contribution in [2.24, 2.45) is 0 Å². The Bertz CT molecular complexity index is 927. The molecule has 0 aromatic heterocycles. The zero-order valence-corrected chi connectivity index (χ0v) is 14.1. The molecule has 0 bridgehead atoms. The van der Waals surface area contributed by atoms with E-state index in [1.807, 2.05) is 36.4 Å². The van der Waals surface area contributed by atoms with Crippen LogP contribution in [-0.4, -0.2) is 30.5 Å². The Hall–Kier alpha value is -2.92. The van der Waals surface area contributed by atoms with E-state index in [0.29, 0.717) is 13.2 Å². The van der Waals surface area contributed by atoms with Crippen molar-refractivity contribution < 1.29 is 9.47 Å². The molecule has 0 amide bonds. The summed E-state index contributed by atoms with van der Waals surface area (Å²) < 4.78 is 10.8. The summed E-state index contributed by atoms with van der Waals surface area (Å²) in [5.41, 5.74) is 3.28. The summed E-state index contributed by atoms with van der Waals surface area (Å²) in [5, 5.41) is 12.2. The van der Waals surface area contributed by atoms with Crippen LogP contribution in [0, 0.1) is 0 Å². The molecule has 0 unspecified atom stereocenters. The molecule has 5 nitrogen and oxygen atoms in total. The highest BCUT2D eigenvalue weighted by Gasteiger charge is 2.17. The highest BCUT2D eigenvalue weighted by molar-refractivity contribution is 6.04. The normalized spacial score (nSPS) is 11.2. The standard InChI is InChI=1S/C20H21N3O2/c1-24-10-5-11-25-16-8-9-17-14(12-16)13-18-19(17)22-23-20(18)21-15-6-3-2-4-7-15/h2-4,6-9,12-13,21-23H,5,10-11H2,1H3. The second kappa shape index (κ2) is 6.91. The maximum atomic E-state index is 5.80. The summed E-state index contributed by atoms with van der Waals surface area (Å²) >= 11 is 0. The van der Waals surface area contributed by atoms with Gasteiger partial charge in [-0.15, -0.1) is 0 Å². The Balaban J connectivity index is 1.58. The van der Waals surface area contributed by atoms with Gasteiger partial charge in [-0.1, -0.05) is 18.2 Å². The Morgan fingerprint density at radius 2 is 1.84 bits per heavy atom. The van der Waals surface area contributed by atoms with E-state index in [0.717, 1.165) is 40.3 Å². The fourth-order valence-electron chi connectivity index (χ4n) is 3.03. The van der Waals surface area contributed by atoms with Crippen LogP contribution in [0.2, 0.25) is 0 Å². The lowest BCUT2D eigenvalue weighted by Gasteiger charge is -2.05. The molecule has 2 aliphatic rings. The van der Waals surface area contributed by atoms with Crippen molar-refractivity contribution in [2.75, 3.05) is 25.6 Å².